The first kappa shape index (κ1) is 22.0. The van der Waals surface area contributed by atoms with E-state index in [0.29, 0.717) is 33.2 Å². The van der Waals surface area contributed by atoms with Gasteiger partial charge in [-0.3, -0.25) is 9.59 Å². The number of aromatic nitrogens is 4. The van der Waals surface area contributed by atoms with Crippen LogP contribution in [0.25, 0.3) is 0 Å². The van der Waals surface area contributed by atoms with Crippen molar-refractivity contribution in [3.05, 3.63) is 64.9 Å². The molecule has 3 rings (SSSR count). The van der Waals surface area contributed by atoms with E-state index >= 15 is 0 Å². The number of anilines is 1. The molecular weight excluding hydrogens is 444 g/mol. The molecule has 0 fully saturated rings. The van der Waals surface area contributed by atoms with E-state index in [1.165, 1.54) is 23.1 Å². The van der Waals surface area contributed by atoms with Crippen LogP contribution in [0.3, 0.4) is 0 Å². The number of nitrogens with zero attached hydrogens (tertiary/aromatic N) is 4. The Morgan fingerprint density at radius 1 is 1.33 bits per heavy atom. The molecule has 0 saturated heterocycles. The van der Waals surface area contributed by atoms with Gasteiger partial charge in [0, 0.05) is 28.7 Å². The van der Waals surface area contributed by atoms with E-state index in [-0.39, 0.29) is 17.6 Å². The maximum atomic E-state index is 12.5. The molecule has 156 valence electrons. The van der Waals surface area contributed by atoms with Crippen LogP contribution in [0.1, 0.15) is 29.1 Å². The molecule has 1 unspecified atom stereocenters. The van der Waals surface area contributed by atoms with Crippen LogP contribution in [0.4, 0.5) is 5.13 Å². The van der Waals surface area contributed by atoms with Gasteiger partial charge in [0.25, 0.3) is 5.91 Å². The highest BCUT2D eigenvalue weighted by atomic mass is 35.5. The standard InChI is InChI=1S/C19H19ClN6O2S2/c1-3-9-26-16(12(2)22-17(28)13-4-6-14(20)7-5-13)24-25-19(26)30-11-15(27)23-18-21-8-10-29-18/h3-8,10,12H,1,9,11H2,2H3,(H,22,28)(H,21,23,27). The summed E-state index contributed by atoms with van der Waals surface area (Å²) in [5.41, 5.74) is 0.495. The second-order valence-corrected chi connectivity index (χ2v) is 8.39. The van der Waals surface area contributed by atoms with Crippen LogP contribution in [-0.4, -0.2) is 37.3 Å². The van der Waals surface area contributed by atoms with E-state index in [4.69, 9.17) is 11.6 Å². The van der Waals surface area contributed by atoms with E-state index in [9.17, 15) is 9.59 Å². The SMILES string of the molecule is C=CCn1c(SCC(=O)Nc2nccs2)nnc1C(C)NC(=O)c1ccc(Cl)cc1. The fourth-order valence-electron chi connectivity index (χ4n) is 2.54. The summed E-state index contributed by atoms with van der Waals surface area (Å²) in [5.74, 6) is 0.290. The van der Waals surface area contributed by atoms with Gasteiger partial charge in [0.05, 0.1) is 11.8 Å². The third-order valence-electron chi connectivity index (χ3n) is 3.91. The Kier molecular flexibility index (Phi) is 7.61. The summed E-state index contributed by atoms with van der Waals surface area (Å²) in [5, 5.41) is 17.5. The van der Waals surface area contributed by atoms with Crippen LogP contribution in [0.2, 0.25) is 5.02 Å². The maximum absolute atomic E-state index is 12.5. The number of carbonyl (C=O) groups excluding carboxylic acids is 2. The highest BCUT2D eigenvalue weighted by molar-refractivity contribution is 7.99. The zero-order valence-electron chi connectivity index (χ0n) is 16.0. The molecule has 0 spiro atoms. The molecular formula is C19H19ClN6O2S2. The number of thiazole rings is 1. The number of hydrogen-bond donors (Lipinski definition) is 2. The molecule has 2 N–H and O–H groups in total. The lowest BCUT2D eigenvalue weighted by Gasteiger charge is -2.15. The molecule has 3 aromatic rings. The quantitative estimate of drug-likeness (QED) is 0.370. The number of allylic oxidation sites excluding steroid dienone is 1. The highest BCUT2D eigenvalue weighted by Gasteiger charge is 2.20. The Hall–Kier alpha value is -2.69. The van der Waals surface area contributed by atoms with Crippen molar-refractivity contribution in [1.29, 1.82) is 0 Å². The first-order chi connectivity index (χ1) is 14.5. The van der Waals surface area contributed by atoms with E-state index in [0.717, 1.165) is 0 Å². The van der Waals surface area contributed by atoms with Gasteiger partial charge in [0.2, 0.25) is 5.91 Å². The number of halogens is 1. The number of hydrogen-bond acceptors (Lipinski definition) is 7. The molecule has 2 aromatic heterocycles. The van der Waals surface area contributed by atoms with Crippen LogP contribution in [-0.2, 0) is 11.3 Å². The van der Waals surface area contributed by atoms with Crippen LogP contribution in [0.5, 0.6) is 0 Å². The summed E-state index contributed by atoms with van der Waals surface area (Å²) in [6, 6.07) is 6.22. The maximum Gasteiger partial charge on any atom is 0.251 e. The molecule has 0 aliphatic rings. The van der Waals surface area contributed by atoms with E-state index in [2.05, 4.69) is 32.4 Å². The molecule has 0 aliphatic heterocycles. The Morgan fingerprint density at radius 3 is 2.77 bits per heavy atom. The van der Waals surface area contributed by atoms with Crippen molar-refractivity contribution < 1.29 is 9.59 Å². The molecule has 30 heavy (non-hydrogen) atoms. The fraction of sp³-hybridized carbons (Fsp3) is 0.211. The summed E-state index contributed by atoms with van der Waals surface area (Å²) < 4.78 is 1.82. The number of amides is 2. The number of carbonyl (C=O) groups is 2. The molecule has 2 amide bonds. The summed E-state index contributed by atoms with van der Waals surface area (Å²) in [6.07, 6.45) is 3.33. The van der Waals surface area contributed by atoms with Crippen molar-refractivity contribution in [3.63, 3.8) is 0 Å². The summed E-state index contributed by atoms with van der Waals surface area (Å²) in [4.78, 5) is 28.6. The lowest BCUT2D eigenvalue weighted by molar-refractivity contribution is -0.113. The minimum absolute atomic E-state index is 0.153. The largest absolute Gasteiger partial charge is 0.342 e. The van der Waals surface area contributed by atoms with Crippen LogP contribution < -0.4 is 10.6 Å². The van der Waals surface area contributed by atoms with Crippen LogP contribution in [0.15, 0.2) is 53.7 Å². The molecule has 2 heterocycles. The third kappa shape index (κ3) is 5.68. The molecule has 1 aromatic carbocycles. The van der Waals surface area contributed by atoms with Gasteiger partial charge in [0.1, 0.15) is 0 Å². The van der Waals surface area contributed by atoms with Crippen molar-refractivity contribution in [2.45, 2.75) is 24.7 Å². The molecule has 0 saturated carbocycles. The minimum atomic E-state index is -0.404. The van der Waals surface area contributed by atoms with Crippen LogP contribution in [0, 0.1) is 0 Å². The Balaban J connectivity index is 1.66. The van der Waals surface area contributed by atoms with E-state index in [1.807, 2.05) is 11.5 Å². The molecule has 0 radical (unpaired) electrons. The Labute approximate surface area is 186 Å². The van der Waals surface area contributed by atoms with Gasteiger partial charge in [0.15, 0.2) is 16.1 Å². The van der Waals surface area contributed by atoms with Gasteiger partial charge < -0.3 is 15.2 Å². The monoisotopic (exact) mass is 462 g/mol. The molecule has 1 atom stereocenters. The lowest BCUT2D eigenvalue weighted by Crippen LogP contribution is -2.28. The zero-order chi connectivity index (χ0) is 21.5. The number of benzene rings is 1. The zero-order valence-corrected chi connectivity index (χ0v) is 18.4. The van der Waals surface area contributed by atoms with Gasteiger partial charge in [-0.05, 0) is 31.2 Å². The van der Waals surface area contributed by atoms with Gasteiger partial charge in [-0.15, -0.1) is 28.1 Å². The fourth-order valence-corrected chi connectivity index (χ4v) is 3.97. The Morgan fingerprint density at radius 2 is 2.10 bits per heavy atom. The average molecular weight is 463 g/mol. The number of rotatable bonds is 9. The topological polar surface area (TPSA) is 102 Å². The van der Waals surface area contributed by atoms with Crippen molar-refractivity contribution in [2.24, 2.45) is 0 Å². The molecule has 8 nitrogen and oxygen atoms in total. The van der Waals surface area contributed by atoms with E-state index in [1.54, 1.807) is 41.9 Å². The van der Waals surface area contributed by atoms with Gasteiger partial charge in [-0.1, -0.05) is 29.4 Å². The predicted molar refractivity (Wildman–Crippen MR) is 119 cm³/mol. The molecule has 11 heteroatoms. The van der Waals surface area contributed by atoms with Crippen molar-refractivity contribution in [1.82, 2.24) is 25.1 Å². The summed E-state index contributed by atoms with van der Waals surface area (Å²) in [7, 11) is 0. The van der Waals surface area contributed by atoms with Crippen molar-refractivity contribution in [2.75, 3.05) is 11.1 Å². The smallest absolute Gasteiger partial charge is 0.251 e. The molecule has 0 bridgehead atoms. The van der Waals surface area contributed by atoms with Gasteiger partial charge in [-0.2, -0.15) is 0 Å². The summed E-state index contributed by atoms with van der Waals surface area (Å²) >= 11 is 8.47. The lowest BCUT2D eigenvalue weighted by atomic mass is 10.2. The van der Waals surface area contributed by atoms with Crippen LogP contribution >= 0.6 is 34.7 Å². The minimum Gasteiger partial charge on any atom is -0.342 e. The second kappa shape index (κ2) is 10.4. The first-order valence-corrected chi connectivity index (χ1v) is 11.1. The normalized spacial score (nSPS) is 11.7. The summed E-state index contributed by atoms with van der Waals surface area (Å²) in [6.45, 7) is 6.03. The Bertz CT molecular complexity index is 1020. The first-order valence-electron chi connectivity index (χ1n) is 8.90. The van der Waals surface area contributed by atoms with E-state index < -0.39 is 6.04 Å². The van der Waals surface area contributed by atoms with Gasteiger partial charge in [-0.25, -0.2) is 4.98 Å². The average Bonchev–Trinajstić information content (AvgIpc) is 3.37. The molecule has 0 aliphatic carbocycles. The number of nitrogens with one attached hydrogen (secondary N) is 2. The second-order valence-electron chi connectivity index (χ2n) is 6.12. The highest BCUT2D eigenvalue weighted by Crippen LogP contribution is 2.22. The predicted octanol–water partition coefficient (Wildman–Crippen LogP) is 3.80. The third-order valence-corrected chi connectivity index (χ3v) is 5.82. The van der Waals surface area contributed by atoms with Crippen molar-refractivity contribution >= 4 is 51.6 Å². The van der Waals surface area contributed by atoms with Crippen molar-refractivity contribution in [3.8, 4) is 0 Å². The van der Waals surface area contributed by atoms with Gasteiger partial charge >= 0.3 is 0 Å². The number of thioether (sulfide) groups is 1.